The van der Waals surface area contributed by atoms with Gasteiger partial charge in [-0.25, -0.2) is 26.4 Å². The molecule has 0 unspecified atom stereocenters. The molecule has 116 valence electrons. The number of rotatable bonds is 4. The maximum Gasteiger partial charge on any atom is 0.338 e. The second-order valence-electron chi connectivity index (χ2n) is 4.13. The Kier molecular flexibility index (Phi) is 4.09. The minimum Gasteiger partial charge on any atom is -0.478 e. The van der Waals surface area contributed by atoms with Crippen LogP contribution in [0.2, 0.25) is 0 Å². The molecule has 0 saturated heterocycles. The van der Waals surface area contributed by atoms with Crippen molar-refractivity contribution in [3.8, 4) is 0 Å². The van der Waals surface area contributed by atoms with Crippen molar-refractivity contribution in [1.82, 2.24) is 0 Å². The number of hydrogen-bond donors (Lipinski definition) is 2. The highest BCUT2D eigenvalue weighted by atomic mass is 32.2. The number of carboxylic acids is 1. The summed E-state index contributed by atoms with van der Waals surface area (Å²) in [5, 5.41) is 8.76. The Bertz CT molecular complexity index is 832. The van der Waals surface area contributed by atoms with E-state index in [-0.39, 0.29) is 0 Å². The van der Waals surface area contributed by atoms with Crippen molar-refractivity contribution in [2.75, 3.05) is 4.72 Å². The predicted molar refractivity (Wildman–Crippen MR) is 70.5 cm³/mol. The van der Waals surface area contributed by atoms with Crippen molar-refractivity contribution in [1.29, 1.82) is 0 Å². The molecule has 5 nitrogen and oxygen atoms in total. The van der Waals surface area contributed by atoms with Crippen LogP contribution < -0.4 is 4.72 Å². The topological polar surface area (TPSA) is 83.5 Å². The van der Waals surface area contributed by atoms with E-state index in [2.05, 4.69) is 0 Å². The van der Waals surface area contributed by atoms with E-state index in [1.807, 2.05) is 0 Å². The van der Waals surface area contributed by atoms with E-state index in [9.17, 15) is 26.4 Å². The molecule has 0 atom stereocenters. The van der Waals surface area contributed by atoms with E-state index < -0.39 is 49.6 Å². The van der Waals surface area contributed by atoms with Gasteiger partial charge in [0.2, 0.25) is 0 Å². The largest absolute Gasteiger partial charge is 0.478 e. The zero-order chi connectivity index (χ0) is 16.5. The third kappa shape index (κ3) is 2.89. The van der Waals surface area contributed by atoms with Crippen molar-refractivity contribution in [3.63, 3.8) is 0 Å². The van der Waals surface area contributed by atoms with Crippen molar-refractivity contribution < 1.29 is 31.5 Å². The summed E-state index contributed by atoms with van der Waals surface area (Å²) < 4.78 is 66.5. The van der Waals surface area contributed by atoms with Crippen molar-refractivity contribution in [2.24, 2.45) is 0 Å². The van der Waals surface area contributed by atoms with E-state index in [4.69, 9.17) is 5.11 Å². The van der Waals surface area contributed by atoms with Crippen LogP contribution in [0.5, 0.6) is 0 Å². The van der Waals surface area contributed by atoms with Crippen LogP contribution in [0.3, 0.4) is 0 Å². The lowest BCUT2D eigenvalue weighted by Gasteiger charge is -2.11. The molecule has 2 aromatic carbocycles. The first-order chi connectivity index (χ1) is 10.2. The van der Waals surface area contributed by atoms with Gasteiger partial charge in [0.15, 0.2) is 10.7 Å². The monoisotopic (exact) mass is 331 g/mol. The summed E-state index contributed by atoms with van der Waals surface area (Å²) >= 11 is 0. The second-order valence-corrected chi connectivity index (χ2v) is 5.75. The molecule has 2 rings (SSSR count). The highest BCUT2D eigenvalue weighted by molar-refractivity contribution is 7.92. The van der Waals surface area contributed by atoms with Crippen LogP contribution in [0.4, 0.5) is 18.9 Å². The van der Waals surface area contributed by atoms with Gasteiger partial charge in [0.05, 0.1) is 11.3 Å². The number of sulfonamides is 1. The second kappa shape index (κ2) is 5.68. The fourth-order valence-electron chi connectivity index (χ4n) is 1.71. The molecular weight excluding hydrogens is 323 g/mol. The van der Waals surface area contributed by atoms with Gasteiger partial charge in [-0.2, -0.15) is 0 Å². The summed E-state index contributed by atoms with van der Waals surface area (Å²) in [6, 6.07) is 5.35. The van der Waals surface area contributed by atoms with E-state index in [1.165, 1.54) is 0 Å². The number of aromatic carboxylic acids is 1. The molecule has 0 bridgehead atoms. The van der Waals surface area contributed by atoms with Gasteiger partial charge >= 0.3 is 5.97 Å². The summed E-state index contributed by atoms with van der Waals surface area (Å²) in [4.78, 5) is 9.50. The molecule has 22 heavy (non-hydrogen) atoms. The molecule has 9 heteroatoms. The predicted octanol–water partition coefficient (Wildman–Crippen LogP) is 2.60. The molecule has 2 N–H and O–H groups in total. The summed E-state index contributed by atoms with van der Waals surface area (Å²) in [6.07, 6.45) is 0. The summed E-state index contributed by atoms with van der Waals surface area (Å²) in [6.45, 7) is 0. The van der Waals surface area contributed by atoms with Crippen LogP contribution in [-0.4, -0.2) is 19.5 Å². The Morgan fingerprint density at radius 3 is 2.09 bits per heavy atom. The standard InChI is InChI=1S/C13H8F3NO4S/c14-8-4-2-5-9(15)12(8)22(20,21)17-10-6-1-3-7(11(10)16)13(18)19/h1-6,17H,(H,18,19). The van der Waals surface area contributed by atoms with Crippen molar-refractivity contribution >= 4 is 21.7 Å². The first kappa shape index (κ1) is 15.8. The Hall–Kier alpha value is -2.55. The van der Waals surface area contributed by atoms with Crippen LogP contribution in [-0.2, 0) is 10.0 Å². The third-order valence-electron chi connectivity index (χ3n) is 2.66. The van der Waals surface area contributed by atoms with Gasteiger partial charge in [-0.3, -0.25) is 4.72 Å². The fraction of sp³-hybridized carbons (Fsp3) is 0. The number of carbonyl (C=O) groups is 1. The van der Waals surface area contributed by atoms with Gasteiger partial charge < -0.3 is 5.11 Å². The fourth-order valence-corrected chi connectivity index (χ4v) is 2.91. The summed E-state index contributed by atoms with van der Waals surface area (Å²) in [5.41, 5.74) is -1.52. The molecule has 0 aliphatic carbocycles. The Balaban J connectivity index is 2.51. The molecule has 0 fully saturated rings. The summed E-state index contributed by atoms with van der Waals surface area (Å²) in [5.74, 6) is -5.70. The highest BCUT2D eigenvalue weighted by Crippen LogP contribution is 2.24. The van der Waals surface area contributed by atoms with Gasteiger partial charge in [-0.05, 0) is 24.3 Å². The van der Waals surface area contributed by atoms with Crippen molar-refractivity contribution in [2.45, 2.75) is 4.90 Å². The lowest BCUT2D eigenvalue weighted by Crippen LogP contribution is -2.18. The number of hydrogen-bond acceptors (Lipinski definition) is 3. The molecule has 0 heterocycles. The van der Waals surface area contributed by atoms with Gasteiger partial charge in [0, 0.05) is 0 Å². The molecular formula is C13H8F3NO4S. The lowest BCUT2D eigenvalue weighted by atomic mass is 10.2. The molecule has 0 amide bonds. The number of carboxylic acid groups (broad SMARTS) is 1. The maximum atomic E-state index is 13.9. The molecule has 0 radical (unpaired) electrons. The first-order valence-corrected chi connectivity index (χ1v) is 7.21. The highest BCUT2D eigenvalue weighted by Gasteiger charge is 2.26. The molecule has 0 spiro atoms. The van der Waals surface area contributed by atoms with Gasteiger partial charge in [0.25, 0.3) is 10.0 Å². The molecule has 0 aliphatic heterocycles. The minimum atomic E-state index is -4.77. The van der Waals surface area contributed by atoms with Gasteiger partial charge in [0.1, 0.15) is 11.6 Å². The first-order valence-electron chi connectivity index (χ1n) is 5.72. The van der Waals surface area contributed by atoms with Crippen molar-refractivity contribution in [3.05, 3.63) is 59.4 Å². The Morgan fingerprint density at radius 1 is 1.00 bits per heavy atom. The maximum absolute atomic E-state index is 13.9. The molecule has 0 aromatic heterocycles. The van der Waals surface area contributed by atoms with Gasteiger partial charge in [-0.15, -0.1) is 0 Å². The SMILES string of the molecule is O=C(O)c1cccc(NS(=O)(=O)c2c(F)cccc2F)c1F. The smallest absolute Gasteiger partial charge is 0.338 e. The average Bonchev–Trinajstić information content (AvgIpc) is 2.40. The quantitative estimate of drug-likeness (QED) is 0.902. The minimum absolute atomic E-state index is 0.724. The lowest BCUT2D eigenvalue weighted by molar-refractivity contribution is 0.0692. The molecule has 0 saturated carbocycles. The number of anilines is 1. The van der Waals surface area contributed by atoms with Gasteiger partial charge in [-0.1, -0.05) is 12.1 Å². The van der Waals surface area contributed by atoms with E-state index in [1.54, 1.807) is 4.72 Å². The Labute approximate surface area is 123 Å². The van der Waals surface area contributed by atoms with E-state index in [0.717, 1.165) is 36.4 Å². The number of nitrogens with one attached hydrogen (secondary N) is 1. The number of benzene rings is 2. The molecule has 2 aromatic rings. The zero-order valence-electron chi connectivity index (χ0n) is 10.7. The van der Waals surface area contributed by atoms with Crippen LogP contribution in [0.15, 0.2) is 41.3 Å². The van der Waals surface area contributed by atoms with Crippen LogP contribution in [0.25, 0.3) is 0 Å². The summed E-state index contributed by atoms with van der Waals surface area (Å²) in [7, 11) is -4.77. The Morgan fingerprint density at radius 2 is 1.55 bits per heavy atom. The number of halogens is 3. The van der Waals surface area contributed by atoms with Crippen LogP contribution in [0, 0.1) is 17.5 Å². The van der Waals surface area contributed by atoms with Crippen LogP contribution in [0.1, 0.15) is 10.4 Å². The average molecular weight is 331 g/mol. The normalized spacial score (nSPS) is 11.2. The van der Waals surface area contributed by atoms with E-state index >= 15 is 0 Å². The zero-order valence-corrected chi connectivity index (χ0v) is 11.5. The molecule has 0 aliphatic rings. The third-order valence-corrected chi connectivity index (χ3v) is 4.08. The van der Waals surface area contributed by atoms with E-state index in [0.29, 0.717) is 0 Å². The van der Waals surface area contributed by atoms with Crippen LogP contribution >= 0.6 is 0 Å².